The molecule has 0 unspecified atom stereocenters. The van der Waals surface area contributed by atoms with Gasteiger partial charge in [-0.3, -0.25) is 9.59 Å². The SMILES string of the molecule is COCCNC(=O)CN(C)C(=O)NC(C)(C)CCC(=O)O. The number of urea groups is 1. The molecule has 0 aliphatic heterocycles. The van der Waals surface area contributed by atoms with Gasteiger partial charge >= 0.3 is 12.0 Å². The van der Waals surface area contributed by atoms with E-state index in [0.29, 0.717) is 19.6 Å². The zero-order valence-corrected chi connectivity index (χ0v) is 13.1. The van der Waals surface area contributed by atoms with Crippen molar-refractivity contribution < 1.29 is 24.2 Å². The van der Waals surface area contributed by atoms with Gasteiger partial charge in [-0.25, -0.2) is 4.79 Å². The van der Waals surface area contributed by atoms with E-state index < -0.39 is 17.5 Å². The quantitative estimate of drug-likeness (QED) is 0.521. The van der Waals surface area contributed by atoms with E-state index in [1.54, 1.807) is 13.8 Å². The highest BCUT2D eigenvalue weighted by Crippen LogP contribution is 2.11. The third kappa shape index (κ3) is 9.67. The van der Waals surface area contributed by atoms with E-state index in [0.717, 1.165) is 0 Å². The average molecular weight is 303 g/mol. The Kier molecular flexibility index (Phi) is 8.37. The number of amides is 3. The van der Waals surface area contributed by atoms with E-state index in [-0.39, 0.29) is 18.9 Å². The Morgan fingerprint density at radius 2 is 1.90 bits per heavy atom. The van der Waals surface area contributed by atoms with Crippen molar-refractivity contribution in [3.05, 3.63) is 0 Å². The maximum Gasteiger partial charge on any atom is 0.318 e. The highest BCUT2D eigenvalue weighted by atomic mass is 16.5. The van der Waals surface area contributed by atoms with Crippen molar-refractivity contribution in [1.82, 2.24) is 15.5 Å². The van der Waals surface area contributed by atoms with Crippen LogP contribution in [0.2, 0.25) is 0 Å². The molecule has 3 N–H and O–H groups in total. The molecule has 0 fully saturated rings. The van der Waals surface area contributed by atoms with E-state index in [2.05, 4.69) is 10.6 Å². The van der Waals surface area contributed by atoms with Crippen LogP contribution in [0, 0.1) is 0 Å². The van der Waals surface area contributed by atoms with Gasteiger partial charge in [0.2, 0.25) is 5.91 Å². The Bertz CT molecular complexity index is 371. The van der Waals surface area contributed by atoms with Gasteiger partial charge in [0, 0.05) is 32.7 Å². The number of carbonyl (C=O) groups is 3. The fourth-order valence-corrected chi connectivity index (χ4v) is 1.50. The van der Waals surface area contributed by atoms with Crippen molar-refractivity contribution in [2.24, 2.45) is 0 Å². The lowest BCUT2D eigenvalue weighted by Crippen LogP contribution is -2.51. The number of methoxy groups -OCH3 is 1. The van der Waals surface area contributed by atoms with Gasteiger partial charge in [0.25, 0.3) is 0 Å². The van der Waals surface area contributed by atoms with Crippen LogP contribution in [0.25, 0.3) is 0 Å². The van der Waals surface area contributed by atoms with Gasteiger partial charge in [0.05, 0.1) is 6.61 Å². The summed E-state index contributed by atoms with van der Waals surface area (Å²) in [5.74, 6) is -1.20. The maximum absolute atomic E-state index is 11.9. The Labute approximate surface area is 124 Å². The molecule has 0 heterocycles. The minimum Gasteiger partial charge on any atom is -0.481 e. The van der Waals surface area contributed by atoms with Crippen LogP contribution in [0.5, 0.6) is 0 Å². The molecule has 0 aromatic heterocycles. The first-order chi connectivity index (χ1) is 9.68. The van der Waals surface area contributed by atoms with Gasteiger partial charge < -0.3 is 25.4 Å². The predicted molar refractivity (Wildman–Crippen MR) is 77.0 cm³/mol. The van der Waals surface area contributed by atoms with Crippen LogP contribution < -0.4 is 10.6 Å². The van der Waals surface area contributed by atoms with Crippen LogP contribution >= 0.6 is 0 Å². The fraction of sp³-hybridized carbons (Fsp3) is 0.769. The van der Waals surface area contributed by atoms with Crippen molar-refractivity contribution in [3.63, 3.8) is 0 Å². The molecule has 0 aromatic carbocycles. The molecular weight excluding hydrogens is 278 g/mol. The average Bonchev–Trinajstić information content (AvgIpc) is 2.36. The van der Waals surface area contributed by atoms with Crippen molar-refractivity contribution in [2.75, 3.05) is 33.9 Å². The highest BCUT2D eigenvalue weighted by Gasteiger charge is 2.23. The molecule has 8 heteroatoms. The molecule has 21 heavy (non-hydrogen) atoms. The molecule has 0 saturated carbocycles. The number of aliphatic carboxylic acids is 1. The number of nitrogens with one attached hydrogen (secondary N) is 2. The number of carboxylic acid groups (broad SMARTS) is 1. The Balaban J connectivity index is 4.19. The van der Waals surface area contributed by atoms with Crippen LogP contribution in [0.4, 0.5) is 4.79 Å². The molecule has 0 rings (SSSR count). The van der Waals surface area contributed by atoms with Crippen LogP contribution in [-0.4, -0.2) is 67.3 Å². The zero-order chi connectivity index (χ0) is 16.5. The summed E-state index contributed by atoms with van der Waals surface area (Å²) in [4.78, 5) is 35.3. The number of hydrogen-bond acceptors (Lipinski definition) is 4. The largest absolute Gasteiger partial charge is 0.481 e. The van der Waals surface area contributed by atoms with Crippen LogP contribution in [0.3, 0.4) is 0 Å². The number of likely N-dealkylation sites (N-methyl/N-ethyl adjacent to an activating group) is 1. The van der Waals surface area contributed by atoms with Gasteiger partial charge in [0.1, 0.15) is 6.54 Å². The first-order valence-corrected chi connectivity index (χ1v) is 6.68. The Hall–Kier alpha value is -1.83. The Morgan fingerprint density at radius 3 is 2.43 bits per heavy atom. The van der Waals surface area contributed by atoms with Crippen molar-refractivity contribution in [3.8, 4) is 0 Å². The number of nitrogens with zero attached hydrogens (tertiary/aromatic N) is 1. The number of hydrogen-bond donors (Lipinski definition) is 3. The van der Waals surface area contributed by atoms with Crippen LogP contribution in [0.1, 0.15) is 26.7 Å². The molecule has 8 nitrogen and oxygen atoms in total. The lowest BCUT2D eigenvalue weighted by molar-refractivity contribution is -0.137. The summed E-state index contributed by atoms with van der Waals surface area (Å²) >= 11 is 0. The van der Waals surface area contributed by atoms with E-state index in [1.807, 2.05) is 0 Å². The second-order valence-electron chi connectivity index (χ2n) is 5.41. The van der Waals surface area contributed by atoms with E-state index >= 15 is 0 Å². The predicted octanol–water partition coefficient (Wildman–Crippen LogP) is 0.0338. The maximum atomic E-state index is 11.9. The minimum absolute atomic E-state index is 0.0332. The first kappa shape index (κ1) is 19.2. The van der Waals surface area contributed by atoms with Crippen molar-refractivity contribution in [1.29, 1.82) is 0 Å². The lowest BCUT2D eigenvalue weighted by Gasteiger charge is -2.28. The van der Waals surface area contributed by atoms with Crippen molar-refractivity contribution in [2.45, 2.75) is 32.2 Å². The normalized spacial score (nSPS) is 10.9. The highest BCUT2D eigenvalue weighted by molar-refractivity contribution is 5.84. The number of rotatable bonds is 9. The van der Waals surface area contributed by atoms with E-state index in [9.17, 15) is 14.4 Å². The summed E-state index contributed by atoms with van der Waals surface area (Å²) in [6.07, 6.45) is 0.274. The number of carbonyl (C=O) groups excluding carboxylic acids is 2. The van der Waals surface area contributed by atoms with Crippen LogP contribution in [-0.2, 0) is 14.3 Å². The van der Waals surface area contributed by atoms with Gasteiger partial charge in [0.15, 0.2) is 0 Å². The smallest absolute Gasteiger partial charge is 0.318 e. The summed E-state index contributed by atoms with van der Waals surface area (Å²) in [7, 11) is 3.03. The minimum atomic E-state index is -0.914. The van der Waals surface area contributed by atoms with Gasteiger partial charge in [-0.15, -0.1) is 0 Å². The molecule has 0 atom stereocenters. The molecule has 3 amide bonds. The van der Waals surface area contributed by atoms with Crippen LogP contribution in [0.15, 0.2) is 0 Å². The standard InChI is InChI=1S/C13H25N3O5/c1-13(2,6-5-11(18)19)15-12(20)16(3)9-10(17)14-7-8-21-4/h5-9H2,1-4H3,(H,14,17)(H,15,20)(H,18,19). The number of carboxylic acids is 1. The topological polar surface area (TPSA) is 108 Å². The molecule has 122 valence electrons. The zero-order valence-electron chi connectivity index (χ0n) is 13.1. The summed E-state index contributed by atoms with van der Waals surface area (Å²) in [6.45, 7) is 4.18. The molecule has 0 spiro atoms. The molecule has 0 bridgehead atoms. The molecule has 0 saturated heterocycles. The second-order valence-corrected chi connectivity index (χ2v) is 5.41. The molecule has 0 aromatic rings. The lowest BCUT2D eigenvalue weighted by atomic mass is 9.99. The third-order valence-corrected chi connectivity index (χ3v) is 2.77. The van der Waals surface area contributed by atoms with Gasteiger partial charge in [-0.05, 0) is 20.3 Å². The fourth-order valence-electron chi connectivity index (χ4n) is 1.50. The second kappa shape index (κ2) is 9.17. The molecule has 0 aliphatic carbocycles. The van der Waals surface area contributed by atoms with Gasteiger partial charge in [-0.1, -0.05) is 0 Å². The first-order valence-electron chi connectivity index (χ1n) is 6.68. The monoisotopic (exact) mass is 303 g/mol. The summed E-state index contributed by atoms with van der Waals surface area (Å²) in [6, 6.07) is -0.424. The van der Waals surface area contributed by atoms with Gasteiger partial charge in [-0.2, -0.15) is 0 Å². The summed E-state index contributed by atoms with van der Waals surface area (Å²) in [5, 5.41) is 14.0. The summed E-state index contributed by atoms with van der Waals surface area (Å²) in [5.41, 5.74) is -0.656. The molecular formula is C13H25N3O5. The number of ether oxygens (including phenoxy) is 1. The summed E-state index contributed by atoms with van der Waals surface area (Å²) < 4.78 is 4.80. The third-order valence-electron chi connectivity index (χ3n) is 2.77. The Morgan fingerprint density at radius 1 is 1.29 bits per heavy atom. The van der Waals surface area contributed by atoms with Crippen molar-refractivity contribution >= 4 is 17.9 Å². The van der Waals surface area contributed by atoms with E-state index in [1.165, 1.54) is 19.1 Å². The molecule has 0 radical (unpaired) electrons. The molecule has 0 aliphatic rings. The van der Waals surface area contributed by atoms with E-state index in [4.69, 9.17) is 9.84 Å².